The highest BCUT2D eigenvalue weighted by molar-refractivity contribution is 6.09. The molecule has 1 aromatic heterocycles. The molecule has 0 aliphatic carbocycles. The minimum absolute atomic E-state index is 0.0181. The van der Waals surface area contributed by atoms with Crippen LogP contribution >= 0.6 is 0 Å². The van der Waals surface area contributed by atoms with Gasteiger partial charge in [0.25, 0.3) is 0 Å². The van der Waals surface area contributed by atoms with Gasteiger partial charge < -0.3 is 9.88 Å². The Hall–Kier alpha value is -5.37. The maximum Gasteiger partial charge on any atom is 0.131 e. The zero-order valence-corrected chi connectivity index (χ0v) is 28.3. The Kier molecular flexibility index (Phi) is 12.7. The lowest BCUT2D eigenvalue weighted by Crippen LogP contribution is -2.50. The molecule has 2 unspecified atom stereocenters. The highest BCUT2D eigenvalue weighted by atomic mass is 15.4. The van der Waals surface area contributed by atoms with E-state index in [1.54, 1.807) is 12.2 Å². The van der Waals surface area contributed by atoms with Crippen molar-refractivity contribution < 1.29 is 0 Å². The Morgan fingerprint density at radius 2 is 1.36 bits per heavy atom. The number of rotatable bonds is 7. The van der Waals surface area contributed by atoms with Crippen LogP contribution in [0.1, 0.15) is 51.4 Å². The second-order valence-electron chi connectivity index (χ2n) is 11.0. The van der Waals surface area contributed by atoms with Gasteiger partial charge in [0, 0.05) is 22.0 Å². The second-order valence-corrected chi connectivity index (χ2v) is 11.0. The molecule has 0 saturated carbocycles. The highest BCUT2D eigenvalue weighted by Gasteiger charge is 2.31. The summed E-state index contributed by atoms with van der Waals surface area (Å²) in [6.07, 6.45) is 10.5. The molecule has 1 aliphatic heterocycles. The third-order valence-corrected chi connectivity index (χ3v) is 8.07. The summed E-state index contributed by atoms with van der Waals surface area (Å²) in [7, 11) is 2.16. The lowest BCUT2D eigenvalue weighted by atomic mass is 10.0. The van der Waals surface area contributed by atoms with Crippen LogP contribution in [-0.2, 0) is 0 Å². The molecule has 0 spiro atoms. The monoisotopic (exact) mass is 618 g/mol. The average Bonchev–Trinajstić information content (AvgIpc) is 3.47. The molecular formula is C43H46N4. The molecule has 2 heterocycles. The van der Waals surface area contributed by atoms with Gasteiger partial charge in [-0.1, -0.05) is 129 Å². The van der Waals surface area contributed by atoms with Gasteiger partial charge in [0.15, 0.2) is 0 Å². The fourth-order valence-electron chi connectivity index (χ4n) is 5.65. The Balaban J connectivity index is 0.000000564. The molecule has 4 aromatic carbocycles. The van der Waals surface area contributed by atoms with E-state index >= 15 is 0 Å². The summed E-state index contributed by atoms with van der Waals surface area (Å²) in [6, 6.07) is 36.7. The number of fused-ring (bicyclic) bond motifs is 3. The Morgan fingerprint density at radius 1 is 0.809 bits per heavy atom. The molecule has 238 valence electrons. The predicted molar refractivity (Wildman–Crippen MR) is 204 cm³/mol. The number of hydrogen-bond acceptors (Lipinski definition) is 3. The number of likely N-dealkylation sites (N-methyl/N-ethyl adjacent to an activating group) is 1. The van der Waals surface area contributed by atoms with Crippen LogP contribution in [0.3, 0.4) is 0 Å². The SMILES string of the molecule is C/C=C\C=C(/CC)C1N=C(c2ccccc2)NC(c2ccc(-n3c4ccccc4c4ccccc43)cc2)N1C.C=CC=C.CC#CC. The summed E-state index contributed by atoms with van der Waals surface area (Å²) in [5.41, 5.74) is 7.20. The Labute approximate surface area is 281 Å². The van der Waals surface area contributed by atoms with Gasteiger partial charge in [-0.05, 0) is 69.6 Å². The molecule has 0 radical (unpaired) electrons. The first-order chi connectivity index (χ1) is 23.0. The number of benzene rings is 4. The van der Waals surface area contributed by atoms with Gasteiger partial charge in [0.1, 0.15) is 18.2 Å². The minimum Gasteiger partial charge on any atom is -0.350 e. The van der Waals surface area contributed by atoms with Crippen LogP contribution in [-0.4, -0.2) is 28.5 Å². The van der Waals surface area contributed by atoms with E-state index in [0.29, 0.717) is 0 Å². The van der Waals surface area contributed by atoms with E-state index in [1.165, 1.54) is 32.9 Å². The van der Waals surface area contributed by atoms with Crippen LogP contribution < -0.4 is 5.32 Å². The van der Waals surface area contributed by atoms with Gasteiger partial charge in [-0.3, -0.25) is 4.90 Å². The summed E-state index contributed by atoms with van der Waals surface area (Å²) in [5, 5.41) is 6.29. The molecule has 4 nitrogen and oxygen atoms in total. The lowest BCUT2D eigenvalue weighted by molar-refractivity contribution is 0.171. The number of hydrogen-bond donors (Lipinski definition) is 1. The first-order valence-electron chi connectivity index (χ1n) is 16.1. The van der Waals surface area contributed by atoms with Crippen molar-refractivity contribution in [1.29, 1.82) is 0 Å². The molecule has 5 aromatic rings. The van der Waals surface area contributed by atoms with E-state index in [1.807, 2.05) is 19.9 Å². The van der Waals surface area contributed by atoms with Crippen molar-refractivity contribution in [3.05, 3.63) is 163 Å². The van der Waals surface area contributed by atoms with Crippen molar-refractivity contribution in [2.24, 2.45) is 4.99 Å². The fourth-order valence-corrected chi connectivity index (χ4v) is 5.65. The minimum atomic E-state index is -0.0512. The first-order valence-corrected chi connectivity index (χ1v) is 16.1. The molecule has 0 bridgehead atoms. The van der Waals surface area contributed by atoms with Crippen LogP contribution in [0.15, 0.2) is 157 Å². The molecule has 47 heavy (non-hydrogen) atoms. The van der Waals surface area contributed by atoms with Gasteiger partial charge in [-0.2, -0.15) is 0 Å². The summed E-state index contributed by atoms with van der Waals surface area (Å²) < 4.78 is 2.36. The number of amidine groups is 1. The number of aromatic nitrogens is 1. The van der Waals surface area contributed by atoms with Crippen molar-refractivity contribution in [1.82, 2.24) is 14.8 Å². The Morgan fingerprint density at radius 3 is 1.87 bits per heavy atom. The molecular weight excluding hydrogens is 573 g/mol. The van der Waals surface area contributed by atoms with Gasteiger partial charge in [0.2, 0.25) is 0 Å². The fraction of sp³-hybridized carbons (Fsp3) is 0.186. The number of para-hydroxylation sites is 2. The lowest BCUT2D eigenvalue weighted by Gasteiger charge is -2.40. The summed E-state index contributed by atoms with van der Waals surface area (Å²) in [4.78, 5) is 7.52. The van der Waals surface area contributed by atoms with Gasteiger partial charge in [-0.15, -0.1) is 11.8 Å². The van der Waals surface area contributed by atoms with E-state index in [-0.39, 0.29) is 12.3 Å². The maximum absolute atomic E-state index is 5.18. The van der Waals surface area contributed by atoms with E-state index in [2.05, 4.69) is 176 Å². The molecule has 1 N–H and O–H groups in total. The van der Waals surface area contributed by atoms with E-state index in [4.69, 9.17) is 4.99 Å². The van der Waals surface area contributed by atoms with Crippen LogP contribution in [0.2, 0.25) is 0 Å². The number of nitrogens with one attached hydrogen (secondary N) is 1. The van der Waals surface area contributed by atoms with E-state index in [0.717, 1.165) is 23.5 Å². The van der Waals surface area contributed by atoms with Gasteiger partial charge in [0.05, 0.1) is 11.0 Å². The van der Waals surface area contributed by atoms with Crippen molar-refractivity contribution in [3.63, 3.8) is 0 Å². The van der Waals surface area contributed by atoms with Crippen molar-refractivity contribution in [2.45, 2.75) is 46.4 Å². The third kappa shape index (κ3) is 8.08. The quantitative estimate of drug-likeness (QED) is 0.145. The number of aliphatic imine (C=N–C) groups is 1. The predicted octanol–water partition coefficient (Wildman–Crippen LogP) is 10.4. The molecule has 0 saturated heterocycles. The first kappa shape index (κ1) is 34.5. The molecule has 0 fully saturated rings. The van der Waals surface area contributed by atoms with Crippen LogP contribution in [0.5, 0.6) is 0 Å². The van der Waals surface area contributed by atoms with E-state index in [9.17, 15) is 0 Å². The normalized spacial score (nSPS) is 16.1. The van der Waals surface area contributed by atoms with Gasteiger partial charge >= 0.3 is 0 Å². The highest BCUT2D eigenvalue weighted by Crippen LogP contribution is 2.33. The summed E-state index contributed by atoms with van der Waals surface area (Å²) >= 11 is 0. The zero-order valence-electron chi connectivity index (χ0n) is 28.3. The number of allylic oxidation sites excluding steroid dienone is 5. The average molecular weight is 619 g/mol. The summed E-state index contributed by atoms with van der Waals surface area (Å²) in [5.74, 6) is 6.29. The van der Waals surface area contributed by atoms with Crippen LogP contribution in [0.4, 0.5) is 0 Å². The molecule has 0 amide bonds. The van der Waals surface area contributed by atoms with Crippen molar-refractivity contribution in [3.8, 4) is 17.5 Å². The second kappa shape index (κ2) is 17.4. The molecule has 2 atom stereocenters. The summed E-state index contributed by atoms with van der Waals surface area (Å²) in [6.45, 7) is 14.6. The topological polar surface area (TPSA) is 32.6 Å². The smallest absolute Gasteiger partial charge is 0.131 e. The molecule has 6 rings (SSSR count). The van der Waals surface area contributed by atoms with Crippen molar-refractivity contribution in [2.75, 3.05) is 7.05 Å². The molecule has 1 aliphatic rings. The molecule has 4 heteroatoms. The van der Waals surface area contributed by atoms with E-state index < -0.39 is 0 Å². The van der Waals surface area contributed by atoms with Crippen LogP contribution in [0, 0.1) is 11.8 Å². The third-order valence-electron chi connectivity index (χ3n) is 8.07. The Bertz CT molecular complexity index is 1860. The standard InChI is InChI=1S/C35H34N4.2C4H6/c1-4-6-14-25(5-2)34-36-33(26-15-8-7-9-16-26)37-35(38(34)3)27-21-23-28(24-22-27)39-31-19-12-10-17-29(31)30-18-11-13-20-32(30)39;2*1-3-4-2/h4,6-24,34-35H,5H2,1-3H3,(H,36,37);1-2H3;3-4H,1-2H2/b6-4-,25-14+;;. The largest absolute Gasteiger partial charge is 0.350 e. The zero-order chi connectivity index (χ0) is 33.6. The maximum atomic E-state index is 5.18. The number of nitrogens with zero attached hydrogens (tertiary/aromatic N) is 3. The van der Waals surface area contributed by atoms with Crippen molar-refractivity contribution >= 4 is 27.6 Å². The van der Waals surface area contributed by atoms with Crippen LogP contribution in [0.25, 0.3) is 27.5 Å². The van der Waals surface area contributed by atoms with Gasteiger partial charge in [-0.25, -0.2) is 4.99 Å².